The van der Waals surface area contributed by atoms with Gasteiger partial charge in [-0.2, -0.15) is 0 Å². The molecule has 0 atom stereocenters. The number of nitrogens with zero attached hydrogens (tertiary/aromatic N) is 3. The summed E-state index contributed by atoms with van der Waals surface area (Å²) in [6.45, 7) is 3.60. The SMILES string of the molecule is C=Cn1ccnc(N)c1=NC. The highest BCUT2D eigenvalue weighted by Gasteiger charge is 1.92. The van der Waals surface area contributed by atoms with E-state index >= 15 is 0 Å². The number of rotatable bonds is 1. The maximum Gasteiger partial charge on any atom is 0.174 e. The molecule has 0 aromatic carbocycles. The Morgan fingerprint density at radius 3 is 3.00 bits per heavy atom. The van der Waals surface area contributed by atoms with E-state index in [0.717, 1.165) is 0 Å². The molecule has 0 unspecified atom stereocenters. The van der Waals surface area contributed by atoms with Crippen molar-refractivity contribution in [2.75, 3.05) is 12.8 Å². The third-order valence-electron chi connectivity index (χ3n) is 1.32. The molecule has 4 nitrogen and oxygen atoms in total. The van der Waals surface area contributed by atoms with Gasteiger partial charge in [-0.1, -0.05) is 6.58 Å². The van der Waals surface area contributed by atoms with Gasteiger partial charge in [-0.25, -0.2) is 4.98 Å². The maximum atomic E-state index is 5.53. The van der Waals surface area contributed by atoms with E-state index < -0.39 is 0 Å². The number of nitrogen functional groups attached to an aromatic ring is 1. The van der Waals surface area contributed by atoms with Crippen molar-refractivity contribution in [3.05, 3.63) is 24.5 Å². The lowest BCUT2D eigenvalue weighted by molar-refractivity contribution is 0.965. The number of aromatic nitrogens is 2. The fourth-order valence-electron chi connectivity index (χ4n) is 0.823. The van der Waals surface area contributed by atoms with Gasteiger partial charge in [0.1, 0.15) is 0 Å². The summed E-state index contributed by atoms with van der Waals surface area (Å²) >= 11 is 0. The zero-order chi connectivity index (χ0) is 8.27. The molecule has 4 heteroatoms. The molecule has 1 heterocycles. The third-order valence-corrected chi connectivity index (χ3v) is 1.32. The second kappa shape index (κ2) is 3.01. The first-order chi connectivity index (χ1) is 5.29. The fraction of sp³-hybridized carbons (Fsp3) is 0.143. The topological polar surface area (TPSA) is 56.2 Å². The van der Waals surface area contributed by atoms with E-state index in [-0.39, 0.29) is 0 Å². The van der Waals surface area contributed by atoms with Crippen molar-refractivity contribution in [2.45, 2.75) is 0 Å². The zero-order valence-electron chi connectivity index (χ0n) is 6.36. The van der Waals surface area contributed by atoms with Gasteiger partial charge in [0.2, 0.25) is 0 Å². The third kappa shape index (κ3) is 1.29. The maximum absolute atomic E-state index is 5.53. The predicted octanol–water partition coefficient (Wildman–Crippen LogP) is 0.0963. The van der Waals surface area contributed by atoms with E-state index in [1.54, 1.807) is 30.2 Å². The van der Waals surface area contributed by atoms with E-state index in [0.29, 0.717) is 11.3 Å². The van der Waals surface area contributed by atoms with Crippen molar-refractivity contribution >= 4 is 12.0 Å². The van der Waals surface area contributed by atoms with Crippen molar-refractivity contribution in [3.8, 4) is 0 Å². The molecule has 0 saturated heterocycles. The normalized spacial score (nSPS) is 11.5. The van der Waals surface area contributed by atoms with E-state index in [1.165, 1.54) is 0 Å². The summed E-state index contributed by atoms with van der Waals surface area (Å²) in [4.78, 5) is 7.82. The molecule has 1 aromatic heterocycles. The van der Waals surface area contributed by atoms with E-state index in [2.05, 4.69) is 16.6 Å². The number of anilines is 1. The highest BCUT2D eigenvalue weighted by molar-refractivity contribution is 5.28. The molecule has 0 aliphatic rings. The molecular weight excluding hydrogens is 140 g/mol. The standard InChI is InChI=1S/C7H10N4/c1-3-11-5-4-10-6(8)7(11)9-2/h3-5H,1H2,2H3,(H2,8,10). The minimum Gasteiger partial charge on any atom is -0.381 e. The Balaban J connectivity index is 3.49. The Kier molecular flexibility index (Phi) is 2.06. The number of nitrogens with two attached hydrogens (primary N) is 1. The van der Waals surface area contributed by atoms with Crippen LogP contribution >= 0.6 is 0 Å². The summed E-state index contributed by atoms with van der Waals surface area (Å²) in [6, 6.07) is 0. The Bertz CT molecular complexity index is 323. The zero-order valence-corrected chi connectivity index (χ0v) is 6.36. The van der Waals surface area contributed by atoms with Crippen LogP contribution in [0.15, 0.2) is 24.0 Å². The minimum atomic E-state index is 0.412. The van der Waals surface area contributed by atoms with Crippen molar-refractivity contribution in [2.24, 2.45) is 4.99 Å². The van der Waals surface area contributed by atoms with Gasteiger partial charge in [0.05, 0.1) is 0 Å². The molecule has 11 heavy (non-hydrogen) atoms. The average Bonchev–Trinajstić information content (AvgIpc) is 2.04. The van der Waals surface area contributed by atoms with Crippen LogP contribution in [0.5, 0.6) is 0 Å². The lowest BCUT2D eigenvalue weighted by atomic mass is 10.6. The largest absolute Gasteiger partial charge is 0.381 e. The lowest BCUT2D eigenvalue weighted by Gasteiger charge is -1.99. The monoisotopic (exact) mass is 150 g/mol. The van der Waals surface area contributed by atoms with Crippen LogP contribution in [0.1, 0.15) is 0 Å². The van der Waals surface area contributed by atoms with E-state index in [1.807, 2.05) is 0 Å². The first kappa shape index (κ1) is 7.53. The molecule has 58 valence electrons. The number of hydrogen-bond donors (Lipinski definition) is 1. The molecule has 0 radical (unpaired) electrons. The summed E-state index contributed by atoms with van der Waals surface area (Å²) in [6.07, 6.45) is 4.97. The summed E-state index contributed by atoms with van der Waals surface area (Å²) in [7, 11) is 1.66. The second-order valence-corrected chi connectivity index (χ2v) is 1.95. The lowest BCUT2D eigenvalue weighted by Crippen LogP contribution is -2.21. The van der Waals surface area contributed by atoms with Crippen LogP contribution in [-0.4, -0.2) is 16.6 Å². The molecule has 0 fully saturated rings. The van der Waals surface area contributed by atoms with Gasteiger partial charge < -0.3 is 10.3 Å². The van der Waals surface area contributed by atoms with Gasteiger partial charge in [-0.15, -0.1) is 0 Å². The van der Waals surface area contributed by atoms with Gasteiger partial charge in [-0.3, -0.25) is 4.99 Å². The fourth-order valence-corrected chi connectivity index (χ4v) is 0.823. The predicted molar refractivity (Wildman–Crippen MR) is 44.5 cm³/mol. The van der Waals surface area contributed by atoms with Crippen LogP contribution in [0, 0.1) is 0 Å². The van der Waals surface area contributed by atoms with Crippen molar-refractivity contribution in [1.82, 2.24) is 9.55 Å². The molecule has 0 aliphatic carbocycles. The molecule has 0 amide bonds. The van der Waals surface area contributed by atoms with Crippen LogP contribution in [-0.2, 0) is 0 Å². The first-order valence-electron chi connectivity index (χ1n) is 3.17. The van der Waals surface area contributed by atoms with E-state index in [4.69, 9.17) is 5.73 Å². The van der Waals surface area contributed by atoms with Gasteiger partial charge in [0.25, 0.3) is 0 Å². The van der Waals surface area contributed by atoms with Crippen LogP contribution < -0.4 is 11.2 Å². The molecule has 0 aliphatic heterocycles. The van der Waals surface area contributed by atoms with Gasteiger partial charge in [0.15, 0.2) is 11.3 Å². The molecule has 1 aromatic rings. The molecular formula is C7H10N4. The van der Waals surface area contributed by atoms with Crippen LogP contribution in [0.25, 0.3) is 6.20 Å². The van der Waals surface area contributed by atoms with Crippen molar-refractivity contribution in [3.63, 3.8) is 0 Å². The second-order valence-electron chi connectivity index (χ2n) is 1.95. The molecule has 2 N–H and O–H groups in total. The van der Waals surface area contributed by atoms with Crippen LogP contribution in [0.3, 0.4) is 0 Å². The molecule has 1 rings (SSSR count). The van der Waals surface area contributed by atoms with Crippen molar-refractivity contribution in [1.29, 1.82) is 0 Å². The summed E-state index contributed by atoms with van der Waals surface area (Å²) in [5, 5.41) is 0. The Morgan fingerprint density at radius 2 is 2.55 bits per heavy atom. The highest BCUT2D eigenvalue weighted by atomic mass is 15.0. The smallest absolute Gasteiger partial charge is 0.174 e. The Hall–Kier alpha value is -1.58. The van der Waals surface area contributed by atoms with Crippen molar-refractivity contribution < 1.29 is 0 Å². The highest BCUT2D eigenvalue weighted by Crippen LogP contribution is 1.85. The van der Waals surface area contributed by atoms with Gasteiger partial charge >= 0.3 is 0 Å². The molecule has 0 bridgehead atoms. The van der Waals surface area contributed by atoms with Gasteiger partial charge in [0, 0.05) is 25.6 Å². The summed E-state index contributed by atoms with van der Waals surface area (Å²) in [5.41, 5.74) is 6.16. The molecule has 0 saturated carbocycles. The van der Waals surface area contributed by atoms with E-state index in [9.17, 15) is 0 Å². The number of hydrogen-bond acceptors (Lipinski definition) is 3. The first-order valence-corrected chi connectivity index (χ1v) is 3.17. The summed E-state index contributed by atoms with van der Waals surface area (Å²) in [5.74, 6) is 0.412. The summed E-state index contributed by atoms with van der Waals surface area (Å²) < 4.78 is 1.71. The van der Waals surface area contributed by atoms with Gasteiger partial charge in [-0.05, 0) is 0 Å². The quantitative estimate of drug-likeness (QED) is 0.617. The minimum absolute atomic E-state index is 0.412. The van der Waals surface area contributed by atoms with Crippen LogP contribution in [0.2, 0.25) is 0 Å². The average molecular weight is 150 g/mol. The van der Waals surface area contributed by atoms with Crippen LogP contribution in [0.4, 0.5) is 5.82 Å². The molecule has 0 spiro atoms. The Labute approximate surface area is 64.7 Å². The Morgan fingerprint density at radius 1 is 1.82 bits per heavy atom.